The molecule has 0 bridgehead atoms. The molecule has 0 aromatic carbocycles. The van der Waals surface area contributed by atoms with Gasteiger partial charge in [0.1, 0.15) is 11.9 Å². The molecule has 3 rings (SSSR count). The van der Waals surface area contributed by atoms with Crippen LogP contribution in [0.15, 0.2) is 11.0 Å². The highest BCUT2D eigenvalue weighted by Crippen LogP contribution is 2.48. The molecule has 6 nitrogen and oxygen atoms in total. The first-order valence-electron chi connectivity index (χ1n) is 12.3. The van der Waals surface area contributed by atoms with E-state index in [1.807, 2.05) is 44.0 Å². The Hall–Kier alpha value is -1.22. The number of hydrogen-bond acceptors (Lipinski definition) is 8. The zero-order valence-corrected chi connectivity index (χ0v) is 22.7. The number of thiazole rings is 1. The smallest absolute Gasteiger partial charge is 0.309 e. The van der Waals surface area contributed by atoms with Crippen molar-refractivity contribution in [3.63, 3.8) is 0 Å². The Balaban J connectivity index is 1.81. The molecule has 2 unspecified atom stereocenters. The Morgan fingerprint density at radius 2 is 1.91 bits per heavy atom. The predicted molar refractivity (Wildman–Crippen MR) is 138 cm³/mol. The summed E-state index contributed by atoms with van der Waals surface area (Å²) >= 11 is 3.49. The lowest BCUT2D eigenvalue weighted by atomic mass is 9.73. The molecule has 0 spiro atoms. The van der Waals surface area contributed by atoms with Crippen molar-refractivity contribution in [3.05, 3.63) is 21.7 Å². The Labute approximate surface area is 211 Å². The van der Waals surface area contributed by atoms with E-state index in [2.05, 4.69) is 4.98 Å². The number of cyclic esters (lactones) is 1. The summed E-state index contributed by atoms with van der Waals surface area (Å²) in [6, 6.07) is 0. The SMILES string of the molecule is CC(=Cc1csc(C)n1)[C@@H]1C[C@@H]2SC2CCCC(C)[C@H](O)[C@@H](C)C(=O)C(C)(C)[C@@H](O)CC(=O)O1. The van der Waals surface area contributed by atoms with E-state index in [-0.39, 0.29) is 18.1 Å². The lowest BCUT2D eigenvalue weighted by molar-refractivity contribution is -0.154. The maximum Gasteiger partial charge on any atom is 0.309 e. The number of Topliss-reactive ketones (excluding diaryl/α,β-unsaturated/α-hetero) is 1. The van der Waals surface area contributed by atoms with E-state index in [0.717, 1.165) is 42.0 Å². The number of nitrogens with zero attached hydrogens (tertiary/aromatic N) is 1. The molecule has 2 aliphatic rings. The maximum atomic E-state index is 13.2. The average molecular weight is 510 g/mol. The monoisotopic (exact) mass is 509 g/mol. The van der Waals surface area contributed by atoms with Crippen LogP contribution in [0.2, 0.25) is 0 Å². The number of rotatable bonds is 2. The van der Waals surface area contributed by atoms with Gasteiger partial charge < -0.3 is 14.9 Å². The summed E-state index contributed by atoms with van der Waals surface area (Å²) in [4.78, 5) is 30.6. The fourth-order valence-corrected chi connectivity index (χ4v) is 6.55. The van der Waals surface area contributed by atoms with Gasteiger partial charge in [0, 0.05) is 28.2 Å². The van der Waals surface area contributed by atoms with Crippen LogP contribution in [0, 0.1) is 24.2 Å². The number of carbonyl (C=O) groups is 2. The molecular weight excluding hydrogens is 470 g/mol. The van der Waals surface area contributed by atoms with E-state index >= 15 is 0 Å². The second-order valence-corrected chi connectivity index (χ2v) is 13.1. The molecule has 2 saturated heterocycles. The van der Waals surface area contributed by atoms with Crippen LogP contribution in [0.1, 0.15) is 77.4 Å². The highest BCUT2D eigenvalue weighted by atomic mass is 32.2. The summed E-state index contributed by atoms with van der Waals surface area (Å²) in [6.07, 6.45) is 2.95. The van der Waals surface area contributed by atoms with Gasteiger partial charge in [-0.15, -0.1) is 11.3 Å². The Morgan fingerprint density at radius 3 is 2.56 bits per heavy atom. The predicted octanol–water partition coefficient (Wildman–Crippen LogP) is 4.80. The third-order valence-electron chi connectivity index (χ3n) is 7.41. The summed E-state index contributed by atoms with van der Waals surface area (Å²) in [5.74, 6) is -1.38. The maximum absolute atomic E-state index is 13.2. The summed E-state index contributed by atoms with van der Waals surface area (Å²) < 4.78 is 5.89. The zero-order valence-electron chi connectivity index (χ0n) is 21.1. The van der Waals surface area contributed by atoms with Crippen LogP contribution >= 0.6 is 23.1 Å². The molecule has 1 aromatic rings. The molecule has 0 aliphatic carbocycles. The summed E-state index contributed by atoms with van der Waals surface area (Å²) in [7, 11) is 0. The Morgan fingerprint density at radius 1 is 1.21 bits per heavy atom. The van der Waals surface area contributed by atoms with Crippen molar-refractivity contribution in [1.82, 2.24) is 4.98 Å². The van der Waals surface area contributed by atoms with Crippen molar-refractivity contribution in [3.8, 4) is 0 Å². The molecule has 2 aliphatic heterocycles. The molecule has 0 amide bonds. The van der Waals surface area contributed by atoms with E-state index in [1.54, 1.807) is 32.1 Å². The van der Waals surface area contributed by atoms with Crippen LogP contribution in [-0.2, 0) is 14.3 Å². The number of fused-ring (bicyclic) bond motifs is 1. The number of aliphatic hydroxyl groups is 2. The number of aliphatic hydroxyl groups excluding tert-OH is 2. The van der Waals surface area contributed by atoms with E-state index in [0.29, 0.717) is 10.5 Å². The minimum Gasteiger partial charge on any atom is -0.458 e. The molecule has 2 N–H and O–H groups in total. The first-order valence-corrected chi connectivity index (χ1v) is 14.1. The van der Waals surface area contributed by atoms with Crippen molar-refractivity contribution in [2.45, 2.75) is 102 Å². The largest absolute Gasteiger partial charge is 0.458 e. The number of ketones is 1. The highest BCUT2D eigenvalue weighted by Gasteiger charge is 2.44. The van der Waals surface area contributed by atoms with E-state index < -0.39 is 35.6 Å². The van der Waals surface area contributed by atoms with Crippen molar-refractivity contribution >= 4 is 40.9 Å². The number of hydrogen-bond donors (Lipinski definition) is 2. The first-order chi connectivity index (χ1) is 15.9. The van der Waals surface area contributed by atoms with Gasteiger partial charge in [0.05, 0.1) is 34.7 Å². The van der Waals surface area contributed by atoms with Gasteiger partial charge in [-0.25, -0.2) is 4.98 Å². The molecule has 1 aromatic heterocycles. The van der Waals surface area contributed by atoms with E-state index in [9.17, 15) is 19.8 Å². The van der Waals surface area contributed by atoms with Crippen LogP contribution < -0.4 is 0 Å². The first kappa shape index (κ1) is 27.4. The molecule has 190 valence electrons. The summed E-state index contributed by atoms with van der Waals surface area (Å²) in [5, 5.41) is 25.5. The van der Waals surface area contributed by atoms with Gasteiger partial charge in [0.2, 0.25) is 0 Å². The van der Waals surface area contributed by atoms with E-state index in [4.69, 9.17) is 4.74 Å². The van der Waals surface area contributed by atoms with Gasteiger partial charge in [-0.1, -0.05) is 34.1 Å². The number of thioether (sulfide) groups is 1. The van der Waals surface area contributed by atoms with Crippen LogP contribution in [0.3, 0.4) is 0 Å². The fraction of sp³-hybridized carbons (Fsp3) is 0.731. The fourth-order valence-electron chi connectivity index (χ4n) is 4.78. The topological polar surface area (TPSA) is 96.7 Å². The van der Waals surface area contributed by atoms with Gasteiger partial charge in [0.15, 0.2) is 0 Å². The quantitative estimate of drug-likeness (QED) is 0.436. The normalized spacial score (nSPS) is 36.0. The molecule has 0 radical (unpaired) electrons. The van der Waals surface area contributed by atoms with E-state index in [1.165, 1.54) is 0 Å². The number of esters is 1. The van der Waals surface area contributed by atoms with Crippen LogP contribution in [0.4, 0.5) is 0 Å². The minimum atomic E-state index is -1.19. The molecule has 3 heterocycles. The second-order valence-electron chi connectivity index (χ2n) is 10.6. The zero-order chi connectivity index (χ0) is 25.2. The molecule has 8 heteroatoms. The van der Waals surface area contributed by atoms with Crippen molar-refractivity contribution in [2.75, 3.05) is 0 Å². The molecule has 34 heavy (non-hydrogen) atoms. The average Bonchev–Trinajstić information content (AvgIpc) is 3.38. The Bertz CT molecular complexity index is 911. The minimum absolute atomic E-state index is 0.00791. The highest BCUT2D eigenvalue weighted by molar-refractivity contribution is 8.07. The van der Waals surface area contributed by atoms with Crippen molar-refractivity contribution in [1.29, 1.82) is 0 Å². The lowest BCUT2D eigenvalue weighted by Gasteiger charge is -2.34. The van der Waals surface area contributed by atoms with Gasteiger partial charge >= 0.3 is 5.97 Å². The number of aromatic nitrogens is 1. The standard InChI is InChI=1S/C26H39NO5S2/c1-14-8-7-9-20-21(34-20)11-19(15(2)10-18-13-33-17(4)27-18)32-23(29)12-22(28)26(5,6)25(31)16(3)24(14)30/h10,13-14,16,19-22,24,28,30H,7-9,11-12H2,1-6H3/t14?,16-,19+,20?,21+,22+,24+/m1/s1. The van der Waals surface area contributed by atoms with Gasteiger partial charge in [-0.3, -0.25) is 9.59 Å². The van der Waals surface area contributed by atoms with Crippen LogP contribution in [0.5, 0.6) is 0 Å². The van der Waals surface area contributed by atoms with Gasteiger partial charge in [-0.2, -0.15) is 11.8 Å². The Kier molecular flexibility index (Phi) is 9.04. The molecule has 0 saturated carbocycles. The second kappa shape index (κ2) is 11.2. The van der Waals surface area contributed by atoms with Gasteiger partial charge in [-0.05, 0) is 44.3 Å². The number of carbonyl (C=O) groups excluding carboxylic acids is 2. The van der Waals surface area contributed by atoms with Crippen molar-refractivity contribution in [2.24, 2.45) is 17.3 Å². The van der Waals surface area contributed by atoms with Crippen molar-refractivity contribution < 1.29 is 24.5 Å². The molecule has 2 fully saturated rings. The third kappa shape index (κ3) is 6.71. The third-order valence-corrected chi connectivity index (χ3v) is 9.67. The van der Waals surface area contributed by atoms with Crippen LogP contribution in [-0.4, -0.2) is 55.8 Å². The lowest BCUT2D eigenvalue weighted by Crippen LogP contribution is -2.45. The summed E-state index contributed by atoms with van der Waals surface area (Å²) in [6.45, 7) is 10.9. The number of ether oxygens (including phenoxy) is 1. The number of aryl methyl sites for hydroxylation is 1. The molecule has 7 atom stereocenters. The van der Waals surface area contributed by atoms with Gasteiger partial charge in [0.25, 0.3) is 0 Å². The van der Waals surface area contributed by atoms with Crippen LogP contribution in [0.25, 0.3) is 6.08 Å². The summed E-state index contributed by atoms with van der Waals surface area (Å²) in [5.41, 5.74) is 0.615. The molecular formula is C26H39NO5S2.